The zero-order valence-corrected chi connectivity index (χ0v) is 7.71. The molecule has 0 amide bonds. The molecule has 12 heavy (non-hydrogen) atoms. The fourth-order valence-electron chi connectivity index (χ4n) is 0.368. The number of carboxylic acids is 1. The molecule has 4 N–H and O–H groups in total. The number of hydrogen-bond donors (Lipinski definition) is 3. The summed E-state index contributed by atoms with van der Waals surface area (Å²) in [6.07, 6.45) is 1.83. The van der Waals surface area contributed by atoms with Crippen molar-refractivity contribution in [2.24, 2.45) is 5.73 Å². The van der Waals surface area contributed by atoms with Crippen LogP contribution in [0.15, 0.2) is 12.7 Å². The zero-order valence-electron chi connectivity index (χ0n) is 7.71. The van der Waals surface area contributed by atoms with E-state index in [0.29, 0.717) is 12.6 Å². The molecule has 4 heteroatoms. The van der Waals surface area contributed by atoms with Gasteiger partial charge in [-0.3, -0.25) is 4.79 Å². The van der Waals surface area contributed by atoms with Gasteiger partial charge in [0.25, 0.3) is 5.97 Å². The lowest BCUT2D eigenvalue weighted by Crippen LogP contribution is -2.32. The lowest BCUT2D eigenvalue weighted by Gasteiger charge is -2.06. The second kappa shape index (κ2) is 10.1. The van der Waals surface area contributed by atoms with Crippen molar-refractivity contribution in [3.63, 3.8) is 0 Å². The van der Waals surface area contributed by atoms with Crippen LogP contribution in [0.25, 0.3) is 0 Å². The molecule has 0 heterocycles. The molecule has 0 aromatic heterocycles. The highest BCUT2D eigenvalue weighted by Gasteiger charge is 1.91. The molecule has 0 aromatic carbocycles. The van der Waals surface area contributed by atoms with Crippen molar-refractivity contribution in [1.82, 2.24) is 5.32 Å². The molecule has 0 aliphatic rings. The Labute approximate surface area is 73.5 Å². The summed E-state index contributed by atoms with van der Waals surface area (Å²) in [6, 6.07) is 0.410. The molecule has 0 fully saturated rings. The molecule has 0 aromatic rings. The molecule has 0 spiro atoms. The Bertz CT molecular complexity index is 122. The first-order chi connectivity index (χ1) is 5.54. The molecular weight excluding hydrogens is 156 g/mol. The van der Waals surface area contributed by atoms with Gasteiger partial charge in [-0.15, -0.1) is 6.58 Å². The molecule has 0 rings (SSSR count). The average Bonchev–Trinajstić information content (AvgIpc) is 1.99. The minimum atomic E-state index is -0.833. The van der Waals surface area contributed by atoms with Gasteiger partial charge >= 0.3 is 0 Å². The summed E-state index contributed by atoms with van der Waals surface area (Å²) >= 11 is 0. The fraction of sp³-hybridized carbons (Fsp3) is 0.625. The predicted molar refractivity (Wildman–Crippen MR) is 50.0 cm³/mol. The number of rotatable bonds is 4. The van der Waals surface area contributed by atoms with Gasteiger partial charge in [0.2, 0.25) is 0 Å². The van der Waals surface area contributed by atoms with Gasteiger partial charge in [0.1, 0.15) is 0 Å². The van der Waals surface area contributed by atoms with Crippen LogP contribution >= 0.6 is 0 Å². The van der Waals surface area contributed by atoms with Crippen LogP contribution in [0.4, 0.5) is 0 Å². The minimum absolute atomic E-state index is 0.410. The Hall–Kier alpha value is -0.870. The maximum atomic E-state index is 9.00. The van der Waals surface area contributed by atoms with Gasteiger partial charge in [0.15, 0.2) is 0 Å². The monoisotopic (exact) mass is 174 g/mol. The van der Waals surface area contributed by atoms with Crippen LogP contribution in [0.3, 0.4) is 0 Å². The van der Waals surface area contributed by atoms with Crippen molar-refractivity contribution in [1.29, 1.82) is 0 Å². The van der Waals surface area contributed by atoms with E-state index in [9.17, 15) is 0 Å². The number of nitrogens with two attached hydrogens (primary N) is 1. The average molecular weight is 174 g/mol. The highest BCUT2D eigenvalue weighted by atomic mass is 16.4. The van der Waals surface area contributed by atoms with Gasteiger partial charge in [-0.1, -0.05) is 6.08 Å². The molecule has 1 atom stereocenters. The maximum absolute atomic E-state index is 9.00. The van der Waals surface area contributed by atoms with Crippen molar-refractivity contribution in [2.75, 3.05) is 13.1 Å². The molecule has 0 saturated heterocycles. The van der Waals surface area contributed by atoms with Crippen molar-refractivity contribution in [3.8, 4) is 0 Å². The van der Waals surface area contributed by atoms with Crippen LogP contribution in [-0.4, -0.2) is 30.2 Å². The molecule has 1 unspecified atom stereocenters. The first kappa shape index (κ1) is 13.7. The molecule has 4 nitrogen and oxygen atoms in total. The number of nitrogens with one attached hydrogen (secondary N) is 1. The molecule has 72 valence electrons. The van der Waals surface area contributed by atoms with E-state index in [1.54, 1.807) is 0 Å². The van der Waals surface area contributed by atoms with Crippen LogP contribution in [0.1, 0.15) is 13.8 Å². The summed E-state index contributed by atoms with van der Waals surface area (Å²) in [5.41, 5.74) is 5.32. The molecule has 0 aliphatic heterocycles. The third-order valence-corrected chi connectivity index (χ3v) is 0.964. The van der Waals surface area contributed by atoms with Crippen molar-refractivity contribution < 1.29 is 9.90 Å². The Balaban J connectivity index is 0. The van der Waals surface area contributed by atoms with Crippen molar-refractivity contribution in [3.05, 3.63) is 12.7 Å². The third-order valence-electron chi connectivity index (χ3n) is 0.964. The van der Waals surface area contributed by atoms with Crippen molar-refractivity contribution >= 4 is 5.97 Å². The van der Waals surface area contributed by atoms with Crippen molar-refractivity contribution in [2.45, 2.75) is 19.9 Å². The Morgan fingerprint density at radius 3 is 2.50 bits per heavy atom. The number of carbonyl (C=O) groups is 1. The van der Waals surface area contributed by atoms with Crippen LogP contribution in [0, 0.1) is 0 Å². The van der Waals surface area contributed by atoms with Gasteiger partial charge in [0, 0.05) is 26.1 Å². The lowest BCUT2D eigenvalue weighted by atomic mass is 10.3. The molecule has 0 radical (unpaired) electrons. The summed E-state index contributed by atoms with van der Waals surface area (Å²) in [6.45, 7) is 8.23. The van der Waals surface area contributed by atoms with Crippen LogP contribution in [0.2, 0.25) is 0 Å². The van der Waals surface area contributed by atoms with E-state index < -0.39 is 5.97 Å². The number of hydrogen-bond acceptors (Lipinski definition) is 3. The quantitative estimate of drug-likeness (QED) is 0.532. The van der Waals surface area contributed by atoms with E-state index in [2.05, 4.69) is 11.9 Å². The third kappa shape index (κ3) is 22.9. The van der Waals surface area contributed by atoms with E-state index in [-0.39, 0.29) is 0 Å². The normalized spacial score (nSPS) is 10.9. The SMILES string of the molecule is C=CCNC(C)CN.CC(=O)O. The van der Waals surface area contributed by atoms with Crippen LogP contribution < -0.4 is 11.1 Å². The van der Waals surface area contributed by atoms with Gasteiger partial charge < -0.3 is 16.2 Å². The van der Waals surface area contributed by atoms with E-state index in [0.717, 1.165) is 13.5 Å². The van der Waals surface area contributed by atoms with Gasteiger partial charge in [0.05, 0.1) is 0 Å². The summed E-state index contributed by atoms with van der Waals surface area (Å²) in [7, 11) is 0. The highest BCUT2D eigenvalue weighted by molar-refractivity contribution is 5.62. The Morgan fingerprint density at radius 2 is 2.25 bits per heavy atom. The van der Waals surface area contributed by atoms with Gasteiger partial charge in [-0.2, -0.15) is 0 Å². The largest absolute Gasteiger partial charge is 0.481 e. The van der Waals surface area contributed by atoms with E-state index >= 15 is 0 Å². The molecule has 0 saturated carbocycles. The summed E-state index contributed by atoms with van der Waals surface area (Å²) in [4.78, 5) is 9.00. The first-order valence-electron chi connectivity index (χ1n) is 3.78. The van der Waals surface area contributed by atoms with E-state index in [1.807, 2.05) is 13.0 Å². The van der Waals surface area contributed by atoms with E-state index in [4.69, 9.17) is 15.6 Å². The second-order valence-corrected chi connectivity index (χ2v) is 2.35. The Morgan fingerprint density at radius 1 is 1.83 bits per heavy atom. The predicted octanol–water partition coefficient (Wildman–Crippen LogP) is 0.200. The summed E-state index contributed by atoms with van der Waals surface area (Å²) < 4.78 is 0. The summed E-state index contributed by atoms with van der Waals surface area (Å²) in [5, 5.41) is 10.6. The standard InChI is InChI=1S/C6H14N2.C2H4O2/c1-3-4-8-6(2)5-7;1-2(3)4/h3,6,8H,1,4-5,7H2,2H3;1H3,(H,3,4). The lowest BCUT2D eigenvalue weighted by molar-refractivity contribution is -0.134. The number of carboxylic acid groups (broad SMARTS) is 1. The van der Waals surface area contributed by atoms with E-state index in [1.165, 1.54) is 0 Å². The first-order valence-corrected chi connectivity index (χ1v) is 3.78. The molecule has 0 bridgehead atoms. The topological polar surface area (TPSA) is 75.3 Å². The molecule has 0 aliphatic carbocycles. The van der Waals surface area contributed by atoms with Crippen LogP contribution in [0.5, 0.6) is 0 Å². The Kier molecular flexibility index (Phi) is 11.6. The maximum Gasteiger partial charge on any atom is 0.300 e. The van der Waals surface area contributed by atoms with Crippen LogP contribution in [-0.2, 0) is 4.79 Å². The second-order valence-electron chi connectivity index (χ2n) is 2.35. The minimum Gasteiger partial charge on any atom is -0.481 e. The zero-order chi connectivity index (χ0) is 9.98. The van der Waals surface area contributed by atoms with Gasteiger partial charge in [-0.05, 0) is 6.92 Å². The summed E-state index contributed by atoms with van der Waals surface area (Å²) in [5.74, 6) is -0.833. The fourth-order valence-corrected chi connectivity index (χ4v) is 0.368. The van der Waals surface area contributed by atoms with Gasteiger partial charge in [-0.25, -0.2) is 0 Å². The number of aliphatic carboxylic acids is 1. The molecular formula is C8H18N2O2. The smallest absolute Gasteiger partial charge is 0.300 e. The highest BCUT2D eigenvalue weighted by Crippen LogP contribution is 1.72.